The number of urea groups is 1. The molecular weight excluding hydrogens is 426 g/mol. The predicted octanol–water partition coefficient (Wildman–Crippen LogP) is 5.28. The molecule has 5 rings (SSSR count). The highest BCUT2D eigenvalue weighted by atomic mass is 35.5. The minimum absolute atomic E-state index is 0.257. The maximum atomic E-state index is 13.6. The van der Waals surface area contributed by atoms with Gasteiger partial charge in [-0.1, -0.05) is 48.0 Å². The Hall–Kier alpha value is -3.51. The van der Waals surface area contributed by atoms with Gasteiger partial charge in [-0.2, -0.15) is 0 Å². The quantitative estimate of drug-likeness (QED) is 0.573. The van der Waals surface area contributed by atoms with Crippen LogP contribution in [0.4, 0.5) is 16.2 Å². The highest BCUT2D eigenvalue weighted by molar-refractivity contribution is 6.30. The predicted molar refractivity (Wildman–Crippen MR) is 124 cm³/mol. The number of ether oxygens (including phenoxy) is 1. The van der Waals surface area contributed by atoms with Gasteiger partial charge >= 0.3 is 6.03 Å². The van der Waals surface area contributed by atoms with E-state index in [4.69, 9.17) is 16.3 Å². The van der Waals surface area contributed by atoms with Gasteiger partial charge in [0.2, 0.25) is 11.6 Å². The summed E-state index contributed by atoms with van der Waals surface area (Å²) in [6, 6.07) is 21.1. The summed E-state index contributed by atoms with van der Waals surface area (Å²) in [5.74, 6) is -0.326. The number of carbonyl (C=O) groups excluding carboxylic acids is 2. The number of hydrogen-bond donors (Lipinski definition) is 2. The van der Waals surface area contributed by atoms with E-state index in [2.05, 4.69) is 10.6 Å². The molecule has 0 aliphatic carbocycles. The molecule has 0 radical (unpaired) electrons. The van der Waals surface area contributed by atoms with Crippen LogP contribution >= 0.6 is 11.6 Å². The number of aryl methyl sites for hydroxylation is 1. The normalized spacial score (nSPS) is 23.6. The summed E-state index contributed by atoms with van der Waals surface area (Å²) < 4.78 is 6.46. The van der Waals surface area contributed by atoms with Gasteiger partial charge in [-0.05, 0) is 55.8 Å². The molecule has 1 fully saturated rings. The van der Waals surface area contributed by atoms with E-state index in [1.807, 2.05) is 55.5 Å². The molecule has 0 aromatic heterocycles. The van der Waals surface area contributed by atoms with Crippen LogP contribution in [-0.2, 0) is 4.79 Å². The molecule has 2 heterocycles. The van der Waals surface area contributed by atoms with Gasteiger partial charge in [0.25, 0.3) is 0 Å². The lowest BCUT2D eigenvalue weighted by atomic mass is 9.78. The molecule has 3 aromatic rings. The lowest BCUT2D eigenvalue weighted by Crippen LogP contribution is -2.72. The second-order valence-corrected chi connectivity index (χ2v) is 8.65. The zero-order chi connectivity index (χ0) is 22.5. The Morgan fingerprint density at radius 2 is 1.75 bits per heavy atom. The van der Waals surface area contributed by atoms with E-state index in [1.54, 1.807) is 36.1 Å². The minimum atomic E-state index is -1.25. The maximum Gasteiger partial charge on any atom is 0.325 e. The van der Waals surface area contributed by atoms with Crippen LogP contribution in [0, 0.1) is 12.8 Å². The summed E-state index contributed by atoms with van der Waals surface area (Å²) in [6.07, 6.45) is 0. The molecule has 1 saturated heterocycles. The number of halogens is 1. The number of hydrogen-bond acceptors (Lipinski definition) is 3. The Labute approximate surface area is 191 Å². The number of nitrogens with one attached hydrogen (secondary N) is 2. The number of fused-ring (bicyclic) bond motifs is 4. The van der Waals surface area contributed by atoms with Crippen molar-refractivity contribution in [3.8, 4) is 5.75 Å². The summed E-state index contributed by atoms with van der Waals surface area (Å²) in [7, 11) is 0. The van der Waals surface area contributed by atoms with E-state index in [0.717, 1.165) is 11.1 Å². The van der Waals surface area contributed by atoms with E-state index in [0.29, 0.717) is 22.1 Å². The number of para-hydroxylation sites is 2. The first-order chi connectivity index (χ1) is 15.4. The van der Waals surface area contributed by atoms with Crippen LogP contribution in [0.2, 0.25) is 5.02 Å². The van der Waals surface area contributed by atoms with E-state index in [1.165, 1.54) is 0 Å². The highest BCUT2D eigenvalue weighted by Crippen LogP contribution is 2.50. The van der Waals surface area contributed by atoms with Crippen molar-refractivity contribution in [3.05, 3.63) is 88.9 Å². The molecule has 0 unspecified atom stereocenters. The summed E-state index contributed by atoms with van der Waals surface area (Å²) in [6.45, 7) is 3.73. The lowest BCUT2D eigenvalue weighted by Gasteiger charge is -2.54. The Morgan fingerprint density at radius 3 is 2.50 bits per heavy atom. The number of benzene rings is 3. The highest BCUT2D eigenvalue weighted by Gasteiger charge is 2.60. The van der Waals surface area contributed by atoms with Crippen LogP contribution in [0.25, 0.3) is 0 Å². The van der Waals surface area contributed by atoms with E-state index < -0.39 is 17.7 Å². The third kappa shape index (κ3) is 3.19. The van der Waals surface area contributed by atoms with Crippen LogP contribution in [-0.4, -0.2) is 17.7 Å². The topological polar surface area (TPSA) is 70.7 Å². The van der Waals surface area contributed by atoms with Gasteiger partial charge < -0.3 is 15.4 Å². The summed E-state index contributed by atoms with van der Waals surface area (Å²) >= 11 is 5.98. The first kappa shape index (κ1) is 20.4. The lowest BCUT2D eigenvalue weighted by molar-refractivity contribution is -0.131. The monoisotopic (exact) mass is 447 g/mol. The first-order valence-corrected chi connectivity index (χ1v) is 10.8. The molecule has 0 saturated carbocycles. The fourth-order valence-electron chi connectivity index (χ4n) is 4.66. The van der Waals surface area contributed by atoms with Crippen LogP contribution in [0.1, 0.15) is 24.1 Å². The molecule has 32 heavy (non-hydrogen) atoms. The molecule has 2 bridgehead atoms. The Kier molecular flexibility index (Phi) is 4.82. The van der Waals surface area contributed by atoms with Gasteiger partial charge in [-0.15, -0.1) is 0 Å². The van der Waals surface area contributed by atoms with Crippen molar-refractivity contribution < 1.29 is 14.3 Å². The molecule has 7 heteroatoms. The Bertz CT molecular complexity index is 1210. The van der Waals surface area contributed by atoms with Crippen molar-refractivity contribution in [3.63, 3.8) is 0 Å². The van der Waals surface area contributed by atoms with Crippen LogP contribution in [0.5, 0.6) is 5.75 Å². The summed E-state index contributed by atoms with van der Waals surface area (Å²) in [5, 5.41) is 6.61. The van der Waals surface area contributed by atoms with E-state index in [9.17, 15) is 9.59 Å². The number of rotatable bonds is 3. The van der Waals surface area contributed by atoms with Gasteiger partial charge in [0.05, 0.1) is 11.7 Å². The first-order valence-electron chi connectivity index (χ1n) is 10.4. The average molecular weight is 448 g/mol. The van der Waals surface area contributed by atoms with Crippen LogP contribution in [0.15, 0.2) is 72.8 Å². The second kappa shape index (κ2) is 7.57. The summed E-state index contributed by atoms with van der Waals surface area (Å²) in [4.78, 5) is 28.5. The minimum Gasteiger partial charge on any atom is -0.466 e. The molecule has 2 aliphatic rings. The molecular formula is C25H22ClN3O3. The zero-order valence-corrected chi connectivity index (χ0v) is 18.4. The van der Waals surface area contributed by atoms with Crippen molar-refractivity contribution in [2.75, 3.05) is 10.2 Å². The van der Waals surface area contributed by atoms with Crippen molar-refractivity contribution in [2.45, 2.75) is 25.6 Å². The number of nitrogens with zero attached hydrogens (tertiary/aromatic N) is 1. The standard InChI is InChI=1S/C25H22ClN3O3/c1-15-7-3-5-9-19(15)29-24(31)28-22-18-8-4-6-10-20(18)32-25(29,2)21(22)23(30)27-17-13-11-16(26)12-14-17/h3-14,21-22H,1-2H3,(H,27,30)(H,28,31)/t21-,22+,25+/m1/s1. The van der Waals surface area contributed by atoms with Gasteiger partial charge in [0.15, 0.2) is 0 Å². The molecule has 3 amide bonds. The number of carbonyl (C=O) groups is 2. The third-order valence-electron chi connectivity index (χ3n) is 6.16. The van der Waals surface area contributed by atoms with Gasteiger partial charge in [-0.25, -0.2) is 4.79 Å². The Morgan fingerprint density at radius 1 is 1.06 bits per heavy atom. The fourth-order valence-corrected chi connectivity index (χ4v) is 4.79. The van der Waals surface area contributed by atoms with E-state index >= 15 is 0 Å². The van der Waals surface area contributed by atoms with Crippen molar-refractivity contribution >= 4 is 34.9 Å². The smallest absolute Gasteiger partial charge is 0.325 e. The molecule has 2 N–H and O–H groups in total. The molecule has 6 nitrogen and oxygen atoms in total. The largest absolute Gasteiger partial charge is 0.466 e. The maximum absolute atomic E-state index is 13.6. The molecule has 2 aliphatic heterocycles. The van der Waals surface area contributed by atoms with Gasteiger partial charge in [0, 0.05) is 16.3 Å². The second-order valence-electron chi connectivity index (χ2n) is 8.22. The van der Waals surface area contributed by atoms with Crippen LogP contribution in [0.3, 0.4) is 0 Å². The van der Waals surface area contributed by atoms with Crippen LogP contribution < -0.4 is 20.3 Å². The van der Waals surface area contributed by atoms with Crippen molar-refractivity contribution in [1.29, 1.82) is 0 Å². The SMILES string of the molecule is Cc1ccccc1N1C(=O)N[C@H]2c3ccccc3O[C@@]1(C)[C@H]2C(=O)Nc1ccc(Cl)cc1. The molecule has 0 spiro atoms. The molecule has 162 valence electrons. The third-order valence-corrected chi connectivity index (χ3v) is 6.41. The fraction of sp³-hybridized carbons (Fsp3) is 0.200. The molecule has 3 atom stereocenters. The van der Waals surface area contributed by atoms with Gasteiger partial charge in [0.1, 0.15) is 11.7 Å². The van der Waals surface area contributed by atoms with Crippen molar-refractivity contribution in [1.82, 2.24) is 5.32 Å². The molecule has 3 aromatic carbocycles. The van der Waals surface area contributed by atoms with Gasteiger partial charge in [-0.3, -0.25) is 9.69 Å². The average Bonchev–Trinajstić information content (AvgIpc) is 2.76. The number of anilines is 2. The Balaban J connectivity index is 1.62. The summed E-state index contributed by atoms with van der Waals surface area (Å²) in [5.41, 5.74) is 1.74. The van der Waals surface area contributed by atoms with E-state index in [-0.39, 0.29) is 11.9 Å². The zero-order valence-electron chi connectivity index (χ0n) is 17.6. The van der Waals surface area contributed by atoms with Crippen molar-refractivity contribution in [2.24, 2.45) is 5.92 Å². The number of amides is 3.